The van der Waals surface area contributed by atoms with Crippen LogP contribution < -0.4 is 4.74 Å². The van der Waals surface area contributed by atoms with Crippen LogP contribution in [-0.4, -0.2) is 50.8 Å². The molecule has 1 saturated heterocycles. The summed E-state index contributed by atoms with van der Waals surface area (Å²) in [7, 11) is -3.64. The first-order chi connectivity index (χ1) is 15.6. The molecule has 0 radical (unpaired) electrons. The first kappa shape index (κ1) is 24.9. The number of ether oxygens (including phenoxy) is 2. The van der Waals surface area contributed by atoms with Crippen LogP contribution in [0.1, 0.15) is 46.8 Å². The molecule has 1 heterocycles. The summed E-state index contributed by atoms with van der Waals surface area (Å²) in [5.74, 6) is -0.515. The molecule has 0 unspecified atom stereocenters. The van der Waals surface area contributed by atoms with Crippen LogP contribution >= 0.6 is 0 Å². The fourth-order valence-corrected chi connectivity index (χ4v) is 6.16. The number of rotatable bonds is 8. The van der Waals surface area contributed by atoms with E-state index in [0.717, 1.165) is 16.7 Å². The molecule has 3 rings (SSSR count). The average molecular weight is 474 g/mol. The third-order valence-corrected chi connectivity index (χ3v) is 8.03. The van der Waals surface area contributed by atoms with Crippen LogP contribution in [0.3, 0.4) is 0 Å². The molecule has 33 heavy (non-hydrogen) atoms. The van der Waals surface area contributed by atoms with E-state index in [0.29, 0.717) is 35.7 Å². The maximum absolute atomic E-state index is 13.2. The molecule has 0 atom stereocenters. The van der Waals surface area contributed by atoms with Crippen LogP contribution in [0.15, 0.2) is 41.3 Å². The molecule has 0 N–H and O–H groups in total. The molecular weight excluding hydrogens is 442 g/mol. The Morgan fingerprint density at radius 2 is 1.58 bits per heavy atom. The summed E-state index contributed by atoms with van der Waals surface area (Å²) in [5.41, 5.74) is 2.91. The molecular formula is C25H31NO6S. The Hall–Kier alpha value is -2.71. The normalized spacial score (nSPS) is 15.3. The summed E-state index contributed by atoms with van der Waals surface area (Å²) in [5, 5.41) is 0. The van der Waals surface area contributed by atoms with Gasteiger partial charge < -0.3 is 9.47 Å². The minimum atomic E-state index is -3.64. The second-order valence-electron chi connectivity index (χ2n) is 8.39. The number of ketones is 1. The Balaban J connectivity index is 1.55. The van der Waals surface area contributed by atoms with E-state index in [2.05, 4.69) is 0 Å². The molecule has 1 fully saturated rings. The highest BCUT2D eigenvalue weighted by Gasteiger charge is 2.34. The maximum Gasteiger partial charge on any atom is 0.309 e. The molecule has 2 aromatic rings. The van der Waals surface area contributed by atoms with Gasteiger partial charge in [-0.15, -0.1) is 0 Å². The molecule has 2 aromatic carbocycles. The van der Waals surface area contributed by atoms with Gasteiger partial charge >= 0.3 is 5.97 Å². The van der Waals surface area contributed by atoms with Gasteiger partial charge in [-0.1, -0.05) is 17.7 Å². The quantitative estimate of drug-likeness (QED) is 0.427. The summed E-state index contributed by atoms with van der Waals surface area (Å²) in [6.45, 7) is 8.10. The standard InChI is InChI=1S/C25H31NO6S/c1-5-31-22-8-6-20(7-9-22)23(27)16-32-25(28)21-10-12-26(13-11-21)33(29,30)24-18(3)14-17(2)15-19(24)4/h6-9,14-15,21H,5,10-13,16H2,1-4H3. The minimum Gasteiger partial charge on any atom is -0.494 e. The molecule has 0 saturated carbocycles. The van der Waals surface area contributed by atoms with Gasteiger partial charge in [-0.2, -0.15) is 4.31 Å². The molecule has 178 valence electrons. The first-order valence-corrected chi connectivity index (χ1v) is 12.6. The average Bonchev–Trinajstić information content (AvgIpc) is 2.77. The van der Waals surface area contributed by atoms with E-state index in [4.69, 9.17) is 9.47 Å². The van der Waals surface area contributed by atoms with Gasteiger partial charge in [-0.3, -0.25) is 9.59 Å². The lowest BCUT2D eigenvalue weighted by molar-refractivity contribution is -0.148. The Bertz CT molecular complexity index is 1090. The van der Waals surface area contributed by atoms with Crippen molar-refractivity contribution in [3.8, 4) is 5.75 Å². The zero-order valence-electron chi connectivity index (χ0n) is 19.6. The van der Waals surface area contributed by atoms with Crippen molar-refractivity contribution in [3.63, 3.8) is 0 Å². The van der Waals surface area contributed by atoms with E-state index >= 15 is 0 Å². The molecule has 0 bridgehead atoms. The zero-order valence-corrected chi connectivity index (χ0v) is 20.4. The van der Waals surface area contributed by atoms with E-state index in [-0.39, 0.29) is 25.5 Å². The van der Waals surface area contributed by atoms with Gasteiger partial charge in [0.1, 0.15) is 5.75 Å². The summed E-state index contributed by atoms with van der Waals surface area (Å²) >= 11 is 0. The third kappa shape index (κ3) is 5.81. The number of sulfonamides is 1. The second kappa shape index (κ2) is 10.5. The summed E-state index contributed by atoms with van der Waals surface area (Å²) in [6, 6.07) is 10.4. The number of aryl methyl sites for hydroxylation is 3. The fraction of sp³-hybridized carbons (Fsp3) is 0.440. The number of benzene rings is 2. The Kier molecular flexibility index (Phi) is 7.92. The van der Waals surface area contributed by atoms with Gasteiger partial charge in [0, 0.05) is 18.7 Å². The molecule has 0 aliphatic carbocycles. The second-order valence-corrected chi connectivity index (χ2v) is 10.3. The fourth-order valence-electron chi connectivity index (χ4n) is 4.28. The molecule has 0 aromatic heterocycles. The van der Waals surface area contributed by atoms with Crippen molar-refractivity contribution in [1.82, 2.24) is 4.31 Å². The van der Waals surface area contributed by atoms with Crippen LogP contribution in [-0.2, 0) is 19.6 Å². The molecule has 0 amide bonds. The van der Waals surface area contributed by atoms with Crippen LogP contribution in [0.2, 0.25) is 0 Å². The number of hydrogen-bond donors (Lipinski definition) is 0. The van der Waals surface area contributed by atoms with E-state index < -0.39 is 21.9 Å². The van der Waals surface area contributed by atoms with Crippen molar-refractivity contribution in [2.24, 2.45) is 5.92 Å². The Morgan fingerprint density at radius 1 is 1.00 bits per heavy atom. The smallest absolute Gasteiger partial charge is 0.309 e. The maximum atomic E-state index is 13.2. The van der Waals surface area contributed by atoms with Crippen LogP contribution in [0, 0.1) is 26.7 Å². The lowest BCUT2D eigenvalue weighted by atomic mass is 9.98. The lowest BCUT2D eigenvalue weighted by Gasteiger charge is -2.31. The SMILES string of the molecule is CCOc1ccc(C(=O)COC(=O)C2CCN(S(=O)(=O)c3c(C)cc(C)cc3C)CC2)cc1. The lowest BCUT2D eigenvalue weighted by Crippen LogP contribution is -2.41. The van der Waals surface area contributed by atoms with Crippen molar-refractivity contribution in [2.45, 2.75) is 45.4 Å². The zero-order chi connectivity index (χ0) is 24.2. The Morgan fingerprint density at radius 3 is 2.12 bits per heavy atom. The number of Topliss-reactive ketones (excluding diaryl/α,β-unsaturated/α-hetero) is 1. The number of esters is 1. The van der Waals surface area contributed by atoms with Crippen molar-refractivity contribution in [3.05, 3.63) is 58.7 Å². The van der Waals surface area contributed by atoms with Gasteiger partial charge in [0.15, 0.2) is 12.4 Å². The van der Waals surface area contributed by atoms with Gasteiger partial charge in [-0.05, 0) is 75.9 Å². The van der Waals surface area contributed by atoms with E-state index in [9.17, 15) is 18.0 Å². The summed E-state index contributed by atoms with van der Waals surface area (Å²) in [6.07, 6.45) is 0.721. The highest BCUT2D eigenvalue weighted by atomic mass is 32.2. The predicted molar refractivity (Wildman–Crippen MR) is 125 cm³/mol. The topological polar surface area (TPSA) is 90.0 Å². The highest BCUT2D eigenvalue weighted by Crippen LogP contribution is 2.29. The number of nitrogens with zero attached hydrogens (tertiary/aromatic N) is 1. The Labute approximate surface area is 195 Å². The van der Waals surface area contributed by atoms with Crippen molar-refractivity contribution >= 4 is 21.8 Å². The largest absolute Gasteiger partial charge is 0.494 e. The monoisotopic (exact) mass is 473 g/mol. The van der Waals surface area contributed by atoms with Crippen LogP contribution in [0.25, 0.3) is 0 Å². The number of carbonyl (C=O) groups excluding carboxylic acids is 2. The number of carbonyl (C=O) groups is 2. The van der Waals surface area contributed by atoms with Gasteiger partial charge in [0.2, 0.25) is 10.0 Å². The van der Waals surface area contributed by atoms with Crippen molar-refractivity contribution in [2.75, 3.05) is 26.3 Å². The summed E-state index contributed by atoms with van der Waals surface area (Å²) < 4.78 is 38.5. The molecule has 8 heteroatoms. The van der Waals surface area contributed by atoms with Gasteiger partial charge in [0.25, 0.3) is 0 Å². The summed E-state index contributed by atoms with van der Waals surface area (Å²) in [4.78, 5) is 25.1. The van der Waals surface area contributed by atoms with Crippen molar-refractivity contribution in [1.29, 1.82) is 0 Å². The minimum absolute atomic E-state index is 0.238. The third-order valence-electron chi connectivity index (χ3n) is 5.82. The van der Waals surface area contributed by atoms with Crippen molar-refractivity contribution < 1.29 is 27.5 Å². The first-order valence-electron chi connectivity index (χ1n) is 11.1. The van der Waals surface area contributed by atoms with E-state index in [1.165, 1.54) is 4.31 Å². The molecule has 0 spiro atoms. The number of piperidine rings is 1. The van der Waals surface area contributed by atoms with Crippen LogP contribution in [0.4, 0.5) is 0 Å². The van der Waals surface area contributed by atoms with Crippen LogP contribution in [0.5, 0.6) is 5.75 Å². The predicted octanol–water partition coefficient (Wildman–Crippen LogP) is 3.84. The van der Waals surface area contributed by atoms with E-state index in [1.807, 2.05) is 26.0 Å². The molecule has 7 nitrogen and oxygen atoms in total. The highest BCUT2D eigenvalue weighted by molar-refractivity contribution is 7.89. The van der Waals surface area contributed by atoms with Gasteiger partial charge in [-0.25, -0.2) is 8.42 Å². The molecule has 1 aliphatic rings. The van der Waals surface area contributed by atoms with E-state index in [1.54, 1.807) is 38.1 Å². The molecule has 1 aliphatic heterocycles. The number of hydrogen-bond acceptors (Lipinski definition) is 6. The van der Waals surface area contributed by atoms with Gasteiger partial charge in [0.05, 0.1) is 17.4 Å².